The van der Waals surface area contributed by atoms with Gasteiger partial charge in [0.1, 0.15) is 22.0 Å². The first kappa shape index (κ1) is 19.3. The van der Waals surface area contributed by atoms with Crippen molar-refractivity contribution < 1.29 is 18.3 Å². The Kier molecular flexibility index (Phi) is 5.43. The van der Waals surface area contributed by atoms with Crippen molar-refractivity contribution in [3.63, 3.8) is 0 Å². The predicted octanol–water partition coefficient (Wildman–Crippen LogP) is 3.72. The highest BCUT2D eigenvalue weighted by Gasteiger charge is 2.24. The van der Waals surface area contributed by atoms with Gasteiger partial charge >= 0.3 is 6.03 Å². The lowest BCUT2D eigenvalue weighted by atomic mass is 10.2. The average molecular weight is 419 g/mol. The van der Waals surface area contributed by atoms with Gasteiger partial charge in [-0.2, -0.15) is 0 Å². The van der Waals surface area contributed by atoms with Gasteiger partial charge in [0.25, 0.3) is 5.88 Å². The van der Waals surface area contributed by atoms with Crippen LogP contribution in [0.15, 0.2) is 29.6 Å². The largest absolute Gasteiger partial charge is 0.475 e. The fourth-order valence-electron chi connectivity index (χ4n) is 3.16. The number of carbonyl (C=O) groups excluding carboxylic acids is 1. The number of urea groups is 1. The Morgan fingerprint density at radius 3 is 2.59 bits per heavy atom. The van der Waals surface area contributed by atoms with E-state index in [1.807, 2.05) is 23.3 Å². The average Bonchev–Trinajstić information content (AvgIpc) is 3.15. The molecule has 1 fully saturated rings. The first-order chi connectivity index (χ1) is 14.0. The Morgan fingerprint density at radius 2 is 1.90 bits per heavy atom. The molecule has 7 nitrogen and oxygen atoms in total. The third-order valence-electron chi connectivity index (χ3n) is 4.55. The number of rotatable bonds is 4. The van der Waals surface area contributed by atoms with Gasteiger partial charge in [-0.15, -0.1) is 11.3 Å². The molecule has 0 unspecified atom stereocenters. The molecule has 0 spiro atoms. The number of aromatic nitrogens is 2. The smallest absolute Gasteiger partial charge is 0.323 e. The molecular formula is C19H19F2N5O2S. The van der Waals surface area contributed by atoms with Crippen molar-refractivity contribution in [3.05, 3.63) is 41.3 Å². The summed E-state index contributed by atoms with van der Waals surface area (Å²) in [5.41, 5.74) is 1.18. The molecule has 2 amide bonds. The number of benzene rings is 1. The van der Waals surface area contributed by atoms with Crippen molar-refractivity contribution in [1.82, 2.24) is 14.9 Å². The van der Waals surface area contributed by atoms with Gasteiger partial charge < -0.3 is 14.5 Å². The summed E-state index contributed by atoms with van der Waals surface area (Å²) < 4.78 is 32.4. The first-order valence-electron chi connectivity index (χ1n) is 9.18. The number of ether oxygens (including phenoxy) is 1. The highest BCUT2D eigenvalue weighted by Crippen LogP contribution is 2.27. The van der Waals surface area contributed by atoms with Crippen LogP contribution in [0.2, 0.25) is 0 Å². The van der Waals surface area contributed by atoms with E-state index in [4.69, 9.17) is 4.74 Å². The Hall–Kier alpha value is -3.01. The molecule has 2 aromatic heterocycles. The van der Waals surface area contributed by atoms with E-state index in [1.54, 1.807) is 4.90 Å². The third kappa shape index (κ3) is 4.21. The first-order valence-corrected chi connectivity index (χ1v) is 10.1. The zero-order chi connectivity index (χ0) is 20.4. The maximum atomic E-state index is 13.5. The van der Waals surface area contributed by atoms with Gasteiger partial charge in [-0.1, -0.05) is 0 Å². The number of piperazine rings is 1. The fourth-order valence-corrected chi connectivity index (χ4v) is 3.87. The van der Waals surface area contributed by atoms with E-state index >= 15 is 0 Å². The highest BCUT2D eigenvalue weighted by molar-refractivity contribution is 7.16. The number of nitrogens with one attached hydrogen (secondary N) is 1. The van der Waals surface area contributed by atoms with Gasteiger partial charge in [0, 0.05) is 37.9 Å². The Labute approximate surface area is 169 Å². The summed E-state index contributed by atoms with van der Waals surface area (Å²) in [6, 6.07) is 4.95. The second-order valence-electron chi connectivity index (χ2n) is 6.45. The third-order valence-corrected chi connectivity index (χ3v) is 5.34. The van der Waals surface area contributed by atoms with Gasteiger partial charge in [0.05, 0.1) is 6.61 Å². The molecule has 1 aliphatic heterocycles. The number of thiophene rings is 1. The maximum Gasteiger partial charge on any atom is 0.323 e. The van der Waals surface area contributed by atoms with E-state index < -0.39 is 11.6 Å². The quantitative estimate of drug-likeness (QED) is 0.698. The Bertz CT molecular complexity index is 1020. The van der Waals surface area contributed by atoms with E-state index in [-0.39, 0.29) is 17.7 Å². The van der Waals surface area contributed by atoms with E-state index in [0.29, 0.717) is 48.8 Å². The number of hydrogen-bond acceptors (Lipinski definition) is 6. The van der Waals surface area contributed by atoms with Crippen LogP contribution in [0.3, 0.4) is 0 Å². The number of fused-ring (bicyclic) bond motifs is 1. The van der Waals surface area contributed by atoms with Crippen LogP contribution < -0.4 is 15.0 Å². The minimum absolute atomic E-state index is 0.278. The molecule has 3 aromatic rings. The summed E-state index contributed by atoms with van der Waals surface area (Å²) in [5, 5.41) is 4.65. The molecule has 0 bridgehead atoms. The molecule has 0 aliphatic carbocycles. The Balaban J connectivity index is 1.43. The van der Waals surface area contributed by atoms with E-state index in [1.165, 1.54) is 23.5 Å². The van der Waals surface area contributed by atoms with Crippen LogP contribution in [0, 0.1) is 11.6 Å². The van der Waals surface area contributed by atoms with Crippen LogP contribution in [0.4, 0.5) is 25.1 Å². The number of halogens is 2. The standard InChI is InChI=1S/C19H19F2N5O2S/c1-2-28-17-16(23-18-15(22-17)3-8-29-18)24-19(27)26-6-4-25(5-7-26)14-10-12(20)9-13(21)11-14/h3,8-11H,2,4-7H2,1H3,(H,23,24,27). The number of hydrogen-bond donors (Lipinski definition) is 1. The molecule has 152 valence electrons. The van der Waals surface area contributed by atoms with Gasteiger partial charge in [0.15, 0.2) is 5.82 Å². The topological polar surface area (TPSA) is 70.6 Å². The van der Waals surface area contributed by atoms with E-state index in [2.05, 4.69) is 15.3 Å². The molecule has 10 heteroatoms. The zero-order valence-electron chi connectivity index (χ0n) is 15.7. The molecule has 1 N–H and O–H groups in total. The van der Waals surface area contributed by atoms with E-state index in [9.17, 15) is 13.6 Å². The summed E-state index contributed by atoms with van der Waals surface area (Å²) in [5.74, 6) is -0.681. The maximum absolute atomic E-state index is 13.5. The van der Waals surface area contributed by atoms with Crippen LogP contribution in [0.5, 0.6) is 5.88 Å². The van der Waals surface area contributed by atoms with Gasteiger partial charge in [-0.25, -0.2) is 23.5 Å². The lowest BCUT2D eigenvalue weighted by Crippen LogP contribution is -2.50. The van der Waals surface area contributed by atoms with Crippen molar-refractivity contribution in [2.24, 2.45) is 0 Å². The molecule has 0 saturated carbocycles. The minimum Gasteiger partial charge on any atom is -0.475 e. The number of nitrogens with zero attached hydrogens (tertiary/aromatic N) is 4. The SMILES string of the molecule is CCOc1nc2ccsc2nc1NC(=O)N1CCN(c2cc(F)cc(F)c2)CC1. The molecule has 1 saturated heterocycles. The second-order valence-corrected chi connectivity index (χ2v) is 7.35. The molecule has 1 aliphatic rings. The number of carbonyl (C=O) groups is 1. The summed E-state index contributed by atoms with van der Waals surface area (Å²) >= 11 is 1.43. The zero-order valence-corrected chi connectivity index (χ0v) is 16.5. The van der Waals surface area contributed by atoms with E-state index in [0.717, 1.165) is 6.07 Å². The van der Waals surface area contributed by atoms with Crippen molar-refractivity contribution in [3.8, 4) is 5.88 Å². The van der Waals surface area contributed by atoms with Crippen LogP contribution in [0.1, 0.15) is 6.92 Å². The van der Waals surface area contributed by atoms with Gasteiger partial charge in [0.2, 0.25) is 0 Å². The molecule has 0 atom stereocenters. The van der Waals surface area contributed by atoms with Crippen LogP contribution in [0.25, 0.3) is 10.3 Å². The molecule has 3 heterocycles. The van der Waals surface area contributed by atoms with Gasteiger partial charge in [-0.3, -0.25) is 5.32 Å². The van der Waals surface area contributed by atoms with Crippen LogP contribution in [-0.2, 0) is 0 Å². The molecule has 4 rings (SSSR count). The second kappa shape index (κ2) is 8.16. The lowest BCUT2D eigenvalue weighted by molar-refractivity contribution is 0.208. The summed E-state index contributed by atoms with van der Waals surface area (Å²) in [6.45, 7) is 3.97. The minimum atomic E-state index is -0.619. The summed E-state index contributed by atoms with van der Waals surface area (Å²) in [4.78, 5) is 25.7. The Morgan fingerprint density at radius 1 is 1.17 bits per heavy atom. The van der Waals surface area contributed by atoms with Crippen molar-refractivity contribution in [2.75, 3.05) is 43.0 Å². The lowest BCUT2D eigenvalue weighted by Gasteiger charge is -2.36. The predicted molar refractivity (Wildman–Crippen MR) is 108 cm³/mol. The van der Waals surface area contributed by atoms with Gasteiger partial charge in [-0.05, 0) is 30.5 Å². The fraction of sp³-hybridized carbons (Fsp3) is 0.316. The van der Waals surface area contributed by atoms with Crippen molar-refractivity contribution in [2.45, 2.75) is 6.92 Å². The summed E-state index contributed by atoms with van der Waals surface area (Å²) in [6.07, 6.45) is 0. The molecule has 29 heavy (non-hydrogen) atoms. The molecular weight excluding hydrogens is 400 g/mol. The monoisotopic (exact) mass is 419 g/mol. The highest BCUT2D eigenvalue weighted by atomic mass is 32.1. The van der Waals surface area contributed by atoms with Crippen LogP contribution in [-0.4, -0.2) is 53.7 Å². The van der Waals surface area contributed by atoms with Crippen molar-refractivity contribution >= 4 is 39.2 Å². The molecule has 1 aromatic carbocycles. The summed E-state index contributed by atoms with van der Waals surface area (Å²) in [7, 11) is 0. The molecule has 0 radical (unpaired) electrons. The normalized spacial score (nSPS) is 14.3. The number of amides is 2. The van der Waals surface area contributed by atoms with Crippen molar-refractivity contribution in [1.29, 1.82) is 0 Å². The number of anilines is 2. The van der Waals surface area contributed by atoms with Crippen LogP contribution >= 0.6 is 11.3 Å².